The maximum Gasteiger partial charge on any atom is 0.277 e. The van der Waals surface area contributed by atoms with Gasteiger partial charge in [-0.3, -0.25) is 10.1 Å². The quantitative estimate of drug-likeness (QED) is 0.411. The Morgan fingerprint density at radius 3 is 2.60 bits per heavy atom. The van der Waals surface area contributed by atoms with E-state index in [0.29, 0.717) is 29.6 Å². The van der Waals surface area contributed by atoms with Gasteiger partial charge in [-0.05, 0) is 18.4 Å². The van der Waals surface area contributed by atoms with Gasteiger partial charge in [-0.15, -0.1) is 11.6 Å². The van der Waals surface area contributed by atoms with E-state index in [0.717, 1.165) is 12.8 Å². The SMILES string of the molecule is CCCC(C)COc1cc([N+](=O)[O-])c(CCl)cc1OC. The molecule has 0 aliphatic rings. The van der Waals surface area contributed by atoms with E-state index in [1.807, 2.05) is 0 Å². The Labute approximate surface area is 124 Å². The minimum atomic E-state index is -0.459. The summed E-state index contributed by atoms with van der Waals surface area (Å²) >= 11 is 5.73. The molecule has 1 atom stereocenters. The van der Waals surface area contributed by atoms with Crippen molar-refractivity contribution in [3.8, 4) is 11.5 Å². The zero-order valence-electron chi connectivity index (χ0n) is 12.0. The Kier molecular flexibility index (Phi) is 6.58. The first-order chi connectivity index (χ1) is 9.53. The number of nitro groups is 1. The summed E-state index contributed by atoms with van der Waals surface area (Å²) in [5.74, 6) is 1.29. The van der Waals surface area contributed by atoms with E-state index in [1.54, 1.807) is 6.07 Å². The normalized spacial score (nSPS) is 12.0. The number of benzene rings is 1. The summed E-state index contributed by atoms with van der Waals surface area (Å²) in [5, 5.41) is 11.0. The Bertz CT molecular complexity index is 465. The van der Waals surface area contributed by atoms with Crippen LogP contribution in [0.15, 0.2) is 12.1 Å². The summed E-state index contributed by atoms with van der Waals surface area (Å²) in [6.07, 6.45) is 2.12. The molecule has 0 aliphatic carbocycles. The maximum absolute atomic E-state index is 11.0. The molecule has 0 saturated heterocycles. The van der Waals surface area contributed by atoms with Crippen LogP contribution in [0.2, 0.25) is 0 Å². The topological polar surface area (TPSA) is 61.6 Å². The molecule has 0 N–H and O–H groups in total. The van der Waals surface area contributed by atoms with Crippen molar-refractivity contribution in [2.45, 2.75) is 32.6 Å². The summed E-state index contributed by atoms with van der Waals surface area (Å²) < 4.78 is 10.9. The van der Waals surface area contributed by atoms with Crippen LogP contribution in [0.3, 0.4) is 0 Å². The molecule has 1 rings (SSSR count). The highest BCUT2D eigenvalue weighted by molar-refractivity contribution is 6.17. The smallest absolute Gasteiger partial charge is 0.277 e. The second-order valence-electron chi connectivity index (χ2n) is 4.73. The molecule has 1 aromatic rings. The van der Waals surface area contributed by atoms with Crippen LogP contribution in [0.4, 0.5) is 5.69 Å². The van der Waals surface area contributed by atoms with Gasteiger partial charge in [-0.2, -0.15) is 0 Å². The zero-order chi connectivity index (χ0) is 15.1. The Balaban J connectivity index is 2.99. The van der Waals surface area contributed by atoms with Crippen LogP contribution in [0.25, 0.3) is 0 Å². The first-order valence-corrected chi connectivity index (χ1v) is 7.10. The number of halogens is 1. The van der Waals surface area contributed by atoms with Gasteiger partial charge in [-0.1, -0.05) is 20.3 Å². The van der Waals surface area contributed by atoms with Crippen LogP contribution in [-0.4, -0.2) is 18.6 Å². The van der Waals surface area contributed by atoms with Gasteiger partial charge in [0.1, 0.15) is 0 Å². The van der Waals surface area contributed by atoms with E-state index in [1.165, 1.54) is 13.2 Å². The molecule has 0 aromatic heterocycles. The van der Waals surface area contributed by atoms with Crippen molar-refractivity contribution in [2.24, 2.45) is 5.92 Å². The molecule has 0 aliphatic heterocycles. The van der Waals surface area contributed by atoms with Gasteiger partial charge in [0.05, 0.1) is 30.6 Å². The van der Waals surface area contributed by atoms with E-state index in [2.05, 4.69) is 13.8 Å². The third-order valence-corrected chi connectivity index (χ3v) is 3.30. The van der Waals surface area contributed by atoms with Crippen molar-refractivity contribution in [2.75, 3.05) is 13.7 Å². The fourth-order valence-electron chi connectivity index (χ4n) is 1.95. The molecule has 20 heavy (non-hydrogen) atoms. The van der Waals surface area contributed by atoms with E-state index in [9.17, 15) is 10.1 Å². The molecule has 0 saturated carbocycles. The number of methoxy groups -OCH3 is 1. The molecule has 0 heterocycles. The van der Waals surface area contributed by atoms with Crippen LogP contribution in [0.5, 0.6) is 11.5 Å². The molecule has 0 bridgehead atoms. The number of rotatable bonds is 8. The van der Waals surface area contributed by atoms with Crippen molar-refractivity contribution in [1.29, 1.82) is 0 Å². The number of ether oxygens (including phenoxy) is 2. The van der Waals surface area contributed by atoms with Crippen molar-refractivity contribution < 1.29 is 14.4 Å². The zero-order valence-corrected chi connectivity index (χ0v) is 12.8. The summed E-state index contributed by atoms with van der Waals surface area (Å²) in [7, 11) is 1.50. The predicted octanol–water partition coefficient (Wildman–Crippen LogP) is 4.16. The van der Waals surface area contributed by atoms with Gasteiger partial charge in [0.25, 0.3) is 5.69 Å². The first-order valence-electron chi connectivity index (χ1n) is 6.57. The van der Waals surface area contributed by atoms with Gasteiger partial charge in [-0.25, -0.2) is 0 Å². The van der Waals surface area contributed by atoms with Crippen LogP contribution < -0.4 is 9.47 Å². The minimum absolute atomic E-state index is 0.0426. The fraction of sp³-hybridized carbons (Fsp3) is 0.571. The largest absolute Gasteiger partial charge is 0.493 e. The van der Waals surface area contributed by atoms with Crippen LogP contribution >= 0.6 is 11.6 Å². The van der Waals surface area contributed by atoms with Crippen LogP contribution in [-0.2, 0) is 5.88 Å². The maximum atomic E-state index is 11.0. The molecule has 0 radical (unpaired) electrons. The van der Waals surface area contributed by atoms with E-state index in [-0.39, 0.29) is 11.6 Å². The highest BCUT2D eigenvalue weighted by Crippen LogP contribution is 2.35. The summed E-state index contributed by atoms with van der Waals surface area (Å²) in [6, 6.07) is 2.94. The molecule has 1 aromatic carbocycles. The Morgan fingerprint density at radius 2 is 2.10 bits per heavy atom. The number of nitrogens with zero attached hydrogens (tertiary/aromatic N) is 1. The lowest BCUT2D eigenvalue weighted by atomic mass is 10.1. The highest BCUT2D eigenvalue weighted by Gasteiger charge is 2.19. The molecule has 6 heteroatoms. The van der Waals surface area contributed by atoms with Gasteiger partial charge in [0, 0.05) is 5.56 Å². The van der Waals surface area contributed by atoms with Gasteiger partial charge >= 0.3 is 0 Å². The molecule has 112 valence electrons. The van der Waals surface area contributed by atoms with E-state index < -0.39 is 4.92 Å². The molecular weight excluding hydrogens is 282 g/mol. The second kappa shape index (κ2) is 7.94. The van der Waals surface area contributed by atoms with Gasteiger partial charge in [0.2, 0.25) is 0 Å². The lowest BCUT2D eigenvalue weighted by molar-refractivity contribution is -0.385. The number of alkyl halides is 1. The molecule has 0 amide bonds. The fourth-order valence-corrected chi connectivity index (χ4v) is 2.16. The first kappa shape index (κ1) is 16.6. The number of hydrogen-bond donors (Lipinski definition) is 0. The highest BCUT2D eigenvalue weighted by atomic mass is 35.5. The van der Waals surface area contributed by atoms with Crippen molar-refractivity contribution in [1.82, 2.24) is 0 Å². The second-order valence-corrected chi connectivity index (χ2v) is 4.99. The Morgan fingerprint density at radius 1 is 1.40 bits per heavy atom. The molecular formula is C14H20ClNO4. The number of hydrogen-bond acceptors (Lipinski definition) is 4. The Hall–Kier alpha value is -1.49. The van der Waals surface area contributed by atoms with E-state index >= 15 is 0 Å². The van der Waals surface area contributed by atoms with Crippen molar-refractivity contribution >= 4 is 17.3 Å². The molecule has 1 unspecified atom stereocenters. The van der Waals surface area contributed by atoms with Crippen LogP contribution in [0.1, 0.15) is 32.3 Å². The predicted molar refractivity (Wildman–Crippen MR) is 78.8 cm³/mol. The van der Waals surface area contributed by atoms with Crippen molar-refractivity contribution in [3.05, 3.63) is 27.8 Å². The summed E-state index contributed by atoms with van der Waals surface area (Å²) in [6.45, 7) is 4.69. The summed E-state index contributed by atoms with van der Waals surface area (Å²) in [5.41, 5.74) is 0.376. The average Bonchev–Trinajstić information content (AvgIpc) is 2.44. The van der Waals surface area contributed by atoms with Gasteiger partial charge < -0.3 is 9.47 Å². The minimum Gasteiger partial charge on any atom is -0.493 e. The molecule has 5 nitrogen and oxygen atoms in total. The summed E-state index contributed by atoms with van der Waals surface area (Å²) in [4.78, 5) is 10.6. The standard InChI is InChI=1S/C14H20ClNO4/c1-4-5-10(2)9-20-14-7-12(16(17)18)11(8-15)6-13(14)19-3/h6-7,10H,4-5,8-9H2,1-3H3. The van der Waals surface area contributed by atoms with Gasteiger partial charge in [0.15, 0.2) is 11.5 Å². The monoisotopic (exact) mass is 301 g/mol. The molecule has 0 fully saturated rings. The lowest BCUT2D eigenvalue weighted by Crippen LogP contribution is -2.09. The third kappa shape index (κ3) is 4.27. The lowest BCUT2D eigenvalue weighted by Gasteiger charge is -2.15. The molecule has 0 spiro atoms. The average molecular weight is 302 g/mol. The van der Waals surface area contributed by atoms with Crippen molar-refractivity contribution in [3.63, 3.8) is 0 Å². The van der Waals surface area contributed by atoms with Crippen LogP contribution in [0, 0.1) is 16.0 Å². The number of nitro benzene ring substituents is 1. The van der Waals surface area contributed by atoms with E-state index in [4.69, 9.17) is 21.1 Å². The third-order valence-electron chi connectivity index (χ3n) is 3.01.